The smallest absolute Gasteiger partial charge is 0.282 e. The lowest BCUT2D eigenvalue weighted by atomic mass is 10.0. The van der Waals surface area contributed by atoms with Gasteiger partial charge in [-0.05, 0) is 45.2 Å². The van der Waals surface area contributed by atoms with Crippen molar-refractivity contribution in [3.8, 4) is 0 Å². The molecule has 3 aliphatic rings. The molecule has 0 aromatic heterocycles. The van der Waals surface area contributed by atoms with Gasteiger partial charge in [0.15, 0.2) is 0 Å². The van der Waals surface area contributed by atoms with E-state index in [4.69, 9.17) is 5.73 Å². The SMILES string of the molecule is NC1CCN(C2CCN(S(=O)(=O)N3CCCCC3)C2)CC1. The highest BCUT2D eigenvalue weighted by Gasteiger charge is 2.38. The molecule has 3 rings (SSSR count). The molecule has 3 saturated heterocycles. The maximum atomic E-state index is 12.7. The number of rotatable bonds is 3. The van der Waals surface area contributed by atoms with Gasteiger partial charge in [0.2, 0.25) is 0 Å². The summed E-state index contributed by atoms with van der Waals surface area (Å²) in [6, 6.07) is 0.716. The van der Waals surface area contributed by atoms with Crippen molar-refractivity contribution in [1.82, 2.24) is 13.5 Å². The Balaban J connectivity index is 1.58. The second-order valence-corrected chi connectivity index (χ2v) is 8.57. The summed E-state index contributed by atoms with van der Waals surface area (Å²) in [5.41, 5.74) is 5.95. The van der Waals surface area contributed by atoms with Crippen molar-refractivity contribution in [3.63, 3.8) is 0 Å². The summed E-state index contributed by atoms with van der Waals surface area (Å²) in [7, 11) is -3.23. The Morgan fingerprint density at radius 3 is 2.14 bits per heavy atom. The van der Waals surface area contributed by atoms with Gasteiger partial charge in [0.1, 0.15) is 0 Å². The molecule has 3 aliphatic heterocycles. The van der Waals surface area contributed by atoms with E-state index in [0.29, 0.717) is 38.3 Å². The van der Waals surface area contributed by atoms with Crippen LogP contribution in [0, 0.1) is 0 Å². The van der Waals surface area contributed by atoms with Gasteiger partial charge in [0, 0.05) is 38.3 Å². The summed E-state index contributed by atoms with van der Waals surface area (Å²) in [5, 5.41) is 0. The largest absolute Gasteiger partial charge is 0.328 e. The third-order valence-electron chi connectivity index (χ3n) is 5.18. The summed E-state index contributed by atoms with van der Waals surface area (Å²) < 4.78 is 28.8. The van der Waals surface area contributed by atoms with E-state index in [2.05, 4.69) is 4.90 Å². The van der Waals surface area contributed by atoms with Crippen LogP contribution in [0.5, 0.6) is 0 Å². The lowest BCUT2D eigenvalue weighted by Gasteiger charge is -2.35. The average Bonchev–Trinajstić information content (AvgIpc) is 2.99. The van der Waals surface area contributed by atoms with Crippen molar-refractivity contribution in [2.75, 3.05) is 39.3 Å². The van der Waals surface area contributed by atoms with E-state index in [1.54, 1.807) is 8.61 Å². The zero-order chi connectivity index (χ0) is 14.9. The predicted molar refractivity (Wildman–Crippen MR) is 83.1 cm³/mol. The Hall–Kier alpha value is -0.210. The topological polar surface area (TPSA) is 69.9 Å². The summed E-state index contributed by atoms with van der Waals surface area (Å²) in [5.74, 6) is 0. The number of hydrogen-bond acceptors (Lipinski definition) is 4. The minimum Gasteiger partial charge on any atom is -0.328 e. The number of piperidine rings is 2. The van der Waals surface area contributed by atoms with Gasteiger partial charge in [-0.15, -0.1) is 0 Å². The predicted octanol–water partition coefficient (Wildman–Crippen LogP) is 0.215. The summed E-state index contributed by atoms with van der Waals surface area (Å²) in [6.45, 7) is 4.76. The molecule has 0 spiro atoms. The molecule has 0 aliphatic carbocycles. The van der Waals surface area contributed by atoms with Crippen molar-refractivity contribution < 1.29 is 8.42 Å². The van der Waals surface area contributed by atoms with Gasteiger partial charge in [-0.25, -0.2) is 0 Å². The Kier molecular flexibility index (Phi) is 4.85. The monoisotopic (exact) mass is 316 g/mol. The standard InChI is InChI=1S/C14H28N4O2S/c15-13-4-9-16(10-5-13)14-6-11-18(12-14)21(19,20)17-7-2-1-3-8-17/h13-14H,1-12,15H2. The lowest BCUT2D eigenvalue weighted by molar-refractivity contribution is 0.158. The Labute approximate surface area is 128 Å². The van der Waals surface area contributed by atoms with Crippen LogP contribution in [0.3, 0.4) is 0 Å². The number of nitrogens with zero attached hydrogens (tertiary/aromatic N) is 3. The second kappa shape index (κ2) is 6.50. The lowest BCUT2D eigenvalue weighted by Crippen LogP contribution is -2.48. The van der Waals surface area contributed by atoms with Gasteiger partial charge in [0.25, 0.3) is 10.2 Å². The van der Waals surface area contributed by atoms with Crippen LogP contribution < -0.4 is 5.73 Å². The van der Waals surface area contributed by atoms with Gasteiger partial charge in [-0.1, -0.05) is 6.42 Å². The van der Waals surface area contributed by atoms with Crippen LogP contribution in [-0.2, 0) is 10.2 Å². The Bertz CT molecular complexity index is 442. The van der Waals surface area contributed by atoms with Crippen LogP contribution in [0.1, 0.15) is 38.5 Å². The molecule has 0 amide bonds. The minimum absolute atomic E-state index is 0.329. The molecule has 0 aromatic rings. The highest BCUT2D eigenvalue weighted by atomic mass is 32.2. The molecule has 21 heavy (non-hydrogen) atoms. The first-order valence-corrected chi connectivity index (χ1v) is 9.72. The molecule has 3 fully saturated rings. The van der Waals surface area contributed by atoms with E-state index in [-0.39, 0.29) is 0 Å². The highest BCUT2D eigenvalue weighted by molar-refractivity contribution is 7.86. The van der Waals surface area contributed by atoms with Gasteiger partial charge in [0.05, 0.1) is 0 Å². The van der Waals surface area contributed by atoms with E-state index in [0.717, 1.165) is 51.6 Å². The number of nitrogens with two attached hydrogens (primary N) is 1. The molecule has 3 heterocycles. The van der Waals surface area contributed by atoms with Crippen LogP contribution in [-0.4, -0.2) is 73.3 Å². The molecule has 0 aromatic carbocycles. The fraction of sp³-hybridized carbons (Fsp3) is 1.00. The first kappa shape index (κ1) is 15.7. The van der Waals surface area contributed by atoms with Crippen LogP contribution in [0.25, 0.3) is 0 Å². The zero-order valence-corrected chi connectivity index (χ0v) is 13.6. The zero-order valence-electron chi connectivity index (χ0n) is 12.8. The normalized spacial score (nSPS) is 31.8. The quantitative estimate of drug-likeness (QED) is 0.808. The maximum absolute atomic E-state index is 12.7. The van der Waals surface area contributed by atoms with Crippen molar-refractivity contribution in [3.05, 3.63) is 0 Å². The molecule has 0 radical (unpaired) electrons. The van der Waals surface area contributed by atoms with E-state index in [9.17, 15) is 8.42 Å². The minimum atomic E-state index is -3.23. The molecule has 1 unspecified atom stereocenters. The van der Waals surface area contributed by atoms with E-state index < -0.39 is 10.2 Å². The molecule has 6 nitrogen and oxygen atoms in total. The first-order valence-electron chi connectivity index (χ1n) is 8.32. The summed E-state index contributed by atoms with van der Waals surface area (Å²) in [4.78, 5) is 2.44. The van der Waals surface area contributed by atoms with Gasteiger partial charge >= 0.3 is 0 Å². The molecule has 122 valence electrons. The van der Waals surface area contributed by atoms with Crippen LogP contribution in [0.15, 0.2) is 0 Å². The molecule has 0 saturated carbocycles. The third kappa shape index (κ3) is 3.42. The average molecular weight is 316 g/mol. The first-order chi connectivity index (χ1) is 10.1. The molecule has 1 atom stereocenters. The number of hydrogen-bond donors (Lipinski definition) is 1. The molecule has 7 heteroatoms. The molecular weight excluding hydrogens is 288 g/mol. The van der Waals surface area contributed by atoms with Gasteiger partial charge in [-0.2, -0.15) is 17.0 Å². The Morgan fingerprint density at radius 2 is 1.48 bits per heavy atom. The molecular formula is C14H28N4O2S. The third-order valence-corrected chi connectivity index (χ3v) is 7.19. The van der Waals surface area contributed by atoms with Crippen LogP contribution >= 0.6 is 0 Å². The molecule has 2 N–H and O–H groups in total. The number of likely N-dealkylation sites (tertiary alicyclic amines) is 1. The van der Waals surface area contributed by atoms with Crippen molar-refractivity contribution in [2.45, 2.75) is 50.6 Å². The van der Waals surface area contributed by atoms with E-state index >= 15 is 0 Å². The van der Waals surface area contributed by atoms with Gasteiger partial charge < -0.3 is 5.73 Å². The van der Waals surface area contributed by atoms with E-state index in [1.807, 2.05) is 0 Å². The van der Waals surface area contributed by atoms with Crippen molar-refractivity contribution in [1.29, 1.82) is 0 Å². The molecule has 0 bridgehead atoms. The van der Waals surface area contributed by atoms with Crippen LogP contribution in [0.4, 0.5) is 0 Å². The van der Waals surface area contributed by atoms with Crippen molar-refractivity contribution >= 4 is 10.2 Å². The fourth-order valence-electron chi connectivity index (χ4n) is 3.76. The fourth-order valence-corrected chi connectivity index (χ4v) is 5.50. The maximum Gasteiger partial charge on any atom is 0.282 e. The Morgan fingerprint density at radius 1 is 0.810 bits per heavy atom. The van der Waals surface area contributed by atoms with Crippen LogP contribution in [0.2, 0.25) is 0 Å². The van der Waals surface area contributed by atoms with Gasteiger partial charge in [-0.3, -0.25) is 4.90 Å². The summed E-state index contributed by atoms with van der Waals surface area (Å²) in [6.07, 6.45) is 6.19. The summed E-state index contributed by atoms with van der Waals surface area (Å²) >= 11 is 0. The second-order valence-electron chi connectivity index (χ2n) is 6.64. The van der Waals surface area contributed by atoms with Crippen molar-refractivity contribution in [2.24, 2.45) is 5.73 Å². The highest BCUT2D eigenvalue weighted by Crippen LogP contribution is 2.25. The van der Waals surface area contributed by atoms with E-state index in [1.165, 1.54) is 0 Å².